The molecule has 1 saturated heterocycles. The van der Waals surface area contributed by atoms with Crippen molar-refractivity contribution in [1.29, 1.82) is 0 Å². The van der Waals surface area contributed by atoms with Gasteiger partial charge in [-0.05, 0) is 49.6 Å². The monoisotopic (exact) mass is 425 g/mol. The molecule has 0 radical (unpaired) electrons. The predicted molar refractivity (Wildman–Crippen MR) is 124 cm³/mol. The summed E-state index contributed by atoms with van der Waals surface area (Å²) in [7, 11) is 0. The van der Waals surface area contributed by atoms with Crippen LogP contribution in [0.2, 0.25) is 0 Å². The number of nitrogens with zero attached hydrogens (tertiary/aromatic N) is 2. The molecule has 30 heavy (non-hydrogen) atoms. The first-order valence-electron chi connectivity index (χ1n) is 10.5. The molecule has 0 aromatic heterocycles. The molecule has 6 nitrogen and oxygen atoms in total. The molecular formula is C23H31N5OS. The number of carbonyl (C=O) groups is 1. The molecule has 1 aliphatic heterocycles. The van der Waals surface area contributed by atoms with Crippen molar-refractivity contribution >= 4 is 23.6 Å². The molecule has 0 saturated carbocycles. The van der Waals surface area contributed by atoms with Crippen molar-refractivity contribution < 1.29 is 4.79 Å². The van der Waals surface area contributed by atoms with Crippen molar-refractivity contribution in [2.45, 2.75) is 42.1 Å². The van der Waals surface area contributed by atoms with E-state index in [2.05, 4.69) is 71.0 Å². The van der Waals surface area contributed by atoms with Crippen molar-refractivity contribution in [3.05, 3.63) is 60.2 Å². The van der Waals surface area contributed by atoms with Crippen LogP contribution in [0.1, 0.15) is 25.3 Å². The number of carbonyl (C=O) groups excluding carboxylic acids is 1. The van der Waals surface area contributed by atoms with Crippen molar-refractivity contribution in [1.82, 2.24) is 15.5 Å². The van der Waals surface area contributed by atoms with Gasteiger partial charge in [0.1, 0.15) is 0 Å². The maximum atomic E-state index is 11.1. The lowest BCUT2D eigenvalue weighted by Gasteiger charge is -2.32. The van der Waals surface area contributed by atoms with Gasteiger partial charge >= 0.3 is 0 Å². The minimum absolute atomic E-state index is 0.260. The molecule has 0 aliphatic carbocycles. The van der Waals surface area contributed by atoms with Crippen LogP contribution in [-0.4, -0.2) is 49.0 Å². The van der Waals surface area contributed by atoms with Gasteiger partial charge in [-0.1, -0.05) is 42.1 Å². The van der Waals surface area contributed by atoms with E-state index in [-0.39, 0.29) is 5.91 Å². The SMILES string of the molecule is CCNC(=NCc1ccc(Sc2ccccc2)cc1)NC1CCN(CC(N)=O)CC1. The number of nitrogens with one attached hydrogen (secondary N) is 2. The summed E-state index contributed by atoms with van der Waals surface area (Å²) in [6, 6.07) is 19.3. The number of likely N-dealkylation sites (tertiary alicyclic amines) is 1. The summed E-state index contributed by atoms with van der Waals surface area (Å²) in [5.41, 5.74) is 6.48. The summed E-state index contributed by atoms with van der Waals surface area (Å²) in [5.74, 6) is 0.582. The third kappa shape index (κ3) is 7.39. The highest BCUT2D eigenvalue weighted by Gasteiger charge is 2.20. The van der Waals surface area contributed by atoms with Crippen LogP contribution >= 0.6 is 11.8 Å². The smallest absolute Gasteiger partial charge is 0.231 e. The topological polar surface area (TPSA) is 82.8 Å². The minimum atomic E-state index is -0.260. The number of guanidine groups is 1. The van der Waals surface area contributed by atoms with Crippen molar-refractivity contribution in [2.24, 2.45) is 10.7 Å². The first-order chi connectivity index (χ1) is 14.6. The minimum Gasteiger partial charge on any atom is -0.369 e. The molecule has 160 valence electrons. The maximum absolute atomic E-state index is 11.1. The summed E-state index contributed by atoms with van der Waals surface area (Å²) in [4.78, 5) is 20.4. The van der Waals surface area contributed by atoms with Crippen molar-refractivity contribution in [2.75, 3.05) is 26.2 Å². The average Bonchev–Trinajstić information content (AvgIpc) is 2.75. The first-order valence-corrected chi connectivity index (χ1v) is 11.3. The normalized spacial score (nSPS) is 15.7. The van der Waals surface area contributed by atoms with Crippen molar-refractivity contribution in [3.63, 3.8) is 0 Å². The van der Waals surface area contributed by atoms with Gasteiger partial charge in [0.05, 0.1) is 13.1 Å². The molecular weight excluding hydrogens is 394 g/mol. The Morgan fingerprint density at radius 2 is 1.77 bits per heavy atom. The van der Waals surface area contributed by atoms with Crippen LogP contribution in [0.15, 0.2) is 69.4 Å². The Hall–Kier alpha value is -2.51. The van der Waals surface area contributed by atoms with Crippen LogP contribution in [0.25, 0.3) is 0 Å². The van der Waals surface area contributed by atoms with E-state index >= 15 is 0 Å². The quantitative estimate of drug-likeness (QED) is 0.448. The second-order valence-corrected chi connectivity index (χ2v) is 8.56. The zero-order chi connectivity index (χ0) is 21.2. The Labute approximate surface area is 183 Å². The highest BCUT2D eigenvalue weighted by Crippen LogP contribution is 2.27. The molecule has 7 heteroatoms. The van der Waals surface area contributed by atoms with Gasteiger partial charge in [-0.2, -0.15) is 0 Å². The Balaban J connectivity index is 1.51. The zero-order valence-electron chi connectivity index (χ0n) is 17.5. The van der Waals surface area contributed by atoms with Gasteiger partial charge in [-0.15, -0.1) is 0 Å². The Morgan fingerprint density at radius 3 is 2.40 bits per heavy atom. The third-order valence-electron chi connectivity index (χ3n) is 4.97. The van der Waals surface area contributed by atoms with Crippen LogP contribution < -0.4 is 16.4 Å². The summed E-state index contributed by atoms with van der Waals surface area (Å²) in [6.07, 6.45) is 1.95. The molecule has 2 aromatic carbocycles. The van der Waals surface area contributed by atoms with E-state index in [0.717, 1.165) is 38.4 Å². The second-order valence-electron chi connectivity index (χ2n) is 7.42. The van der Waals surface area contributed by atoms with E-state index in [1.54, 1.807) is 11.8 Å². The van der Waals surface area contributed by atoms with E-state index in [0.29, 0.717) is 19.1 Å². The standard InChI is InChI=1S/C23H31N5OS/c1-2-25-23(27-19-12-14-28(15-13-19)17-22(24)29)26-16-18-8-10-21(11-9-18)30-20-6-4-3-5-7-20/h3-11,19H,2,12-17H2,1H3,(H2,24,29)(H2,25,26,27). The fourth-order valence-corrected chi connectivity index (χ4v) is 4.26. The number of rotatable bonds is 8. The Kier molecular flexibility index (Phi) is 8.59. The number of amides is 1. The van der Waals surface area contributed by atoms with Crippen LogP contribution in [0.4, 0.5) is 0 Å². The largest absolute Gasteiger partial charge is 0.369 e. The molecule has 1 aliphatic rings. The highest BCUT2D eigenvalue weighted by molar-refractivity contribution is 7.99. The highest BCUT2D eigenvalue weighted by atomic mass is 32.2. The van der Waals surface area contributed by atoms with Gasteiger partial charge in [-0.3, -0.25) is 9.69 Å². The Bertz CT molecular complexity index is 817. The average molecular weight is 426 g/mol. The molecule has 1 heterocycles. The number of benzene rings is 2. The lowest BCUT2D eigenvalue weighted by molar-refractivity contribution is -0.119. The molecule has 1 fully saturated rings. The number of nitrogens with two attached hydrogens (primary N) is 1. The number of hydrogen-bond donors (Lipinski definition) is 3. The molecule has 0 atom stereocenters. The summed E-state index contributed by atoms with van der Waals surface area (Å²) in [5, 5.41) is 6.87. The summed E-state index contributed by atoms with van der Waals surface area (Å²) < 4.78 is 0. The first kappa shape index (κ1) is 22.2. The Morgan fingerprint density at radius 1 is 1.10 bits per heavy atom. The van der Waals surface area contributed by atoms with Gasteiger partial charge in [0.25, 0.3) is 0 Å². The van der Waals surface area contributed by atoms with Crippen LogP contribution in [-0.2, 0) is 11.3 Å². The summed E-state index contributed by atoms with van der Waals surface area (Å²) >= 11 is 1.76. The third-order valence-corrected chi connectivity index (χ3v) is 5.99. The molecule has 1 amide bonds. The molecule has 2 aromatic rings. The molecule has 3 rings (SSSR count). The van der Waals surface area contributed by atoms with Gasteiger partial charge in [0.15, 0.2) is 5.96 Å². The zero-order valence-corrected chi connectivity index (χ0v) is 18.3. The van der Waals surface area contributed by atoms with E-state index in [1.807, 2.05) is 6.07 Å². The van der Waals surface area contributed by atoms with E-state index in [9.17, 15) is 4.79 Å². The molecule has 0 spiro atoms. The van der Waals surface area contributed by atoms with Crippen LogP contribution in [0.5, 0.6) is 0 Å². The van der Waals surface area contributed by atoms with E-state index < -0.39 is 0 Å². The van der Waals surface area contributed by atoms with Crippen LogP contribution in [0.3, 0.4) is 0 Å². The number of primary amides is 1. The molecule has 0 unspecified atom stereocenters. The van der Waals surface area contributed by atoms with Gasteiger partial charge in [0.2, 0.25) is 5.91 Å². The lowest BCUT2D eigenvalue weighted by atomic mass is 10.1. The van der Waals surface area contributed by atoms with Crippen molar-refractivity contribution in [3.8, 4) is 0 Å². The fraction of sp³-hybridized carbons (Fsp3) is 0.391. The van der Waals surface area contributed by atoms with Gasteiger partial charge in [-0.25, -0.2) is 4.99 Å². The summed E-state index contributed by atoms with van der Waals surface area (Å²) in [6.45, 7) is 5.62. The number of aliphatic imine (C=N–C) groups is 1. The number of hydrogen-bond acceptors (Lipinski definition) is 4. The number of piperidine rings is 1. The van der Waals surface area contributed by atoms with Gasteiger partial charge < -0.3 is 16.4 Å². The van der Waals surface area contributed by atoms with E-state index in [1.165, 1.54) is 15.4 Å². The van der Waals surface area contributed by atoms with Crippen LogP contribution in [0, 0.1) is 0 Å². The molecule has 0 bridgehead atoms. The lowest BCUT2D eigenvalue weighted by Crippen LogP contribution is -2.49. The van der Waals surface area contributed by atoms with E-state index in [4.69, 9.17) is 10.7 Å². The fourth-order valence-electron chi connectivity index (χ4n) is 3.43. The maximum Gasteiger partial charge on any atom is 0.231 e. The molecule has 4 N–H and O–H groups in total. The second kappa shape index (κ2) is 11.6. The predicted octanol–water partition coefficient (Wildman–Crippen LogP) is 2.84. The van der Waals surface area contributed by atoms with Gasteiger partial charge in [0, 0.05) is 35.5 Å².